The Morgan fingerprint density at radius 2 is 2.04 bits per heavy atom. The molecule has 2 aromatic rings. The fraction of sp³-hybridized carbons (Fsp3) is 0.500. The molecule has 0 unspecified atom stereocenters. The van der Waals surface area contributed by atoms with Crippen molar-refractivity contribution in [2.45, 2.75) is 31.3 Å². The molecule has 0 spiro atoms. The summed E-state index contributed by atoms with van der Waals surface area (Å²) < 4.78 is 5.40. The average molecular weight is 345 g/mol. The van der Waals surface area contributed by atoms with Gasteiger partial charge in [0.15, 0.2) is 0 Å². The molecule has 1 aromatic heterocycles. The molecule has 0 N–H and O–H groups in total. The van der Waals surface area contributed by atoms with Gasteiger partial charge in [-0.15, -0.1) is 11.8 Å². The van der Waals surface area contributed by atoms with Crippen LogP contribution in [0.1, 0.15) is 25.6 Å². The van der Waals surface area contributed by atoms with Crippen LogP contribution in [0.25, 0.3) is 10.9 Å². The number of Topliss-reactive ketones (excluding diaryl/α,β-unsaturated/α-hetero) is 1. The van der Waals surface area contributed by atoms with Crippen molar-refractivity contribution in [3.63, 3.8) is 0 Å². The summed E-state index contributed by atoms with van der Waals surface area (Å²) >= 11 is 1.72. The van der Waals surface area contributed by atoms with E-state index in [1.54, 1.807) is 18.7 Å². The average Bonchev–Trinajstić information content (AvgIpc) is 2.59. The highest BCUT2D eigenvalue weighted by Gasteiger charge is 2.14. The van der Waals surface area contributed by atoms with E-state index < -0.39 is 0 Å². The molecular formula is C18H23N3O2S. The standard InChI is InChI=1S/C18H23N3O2S/c1-14(22)5-4-12-24-18-15-6-2-3-7-16(15)19-17(20-18)13-21-8-10-23-11-9-21/h2-3,6-7H,4-5,8-13H2,1H3. The van der Waals surface area contributed by atoms with Gasteiger partial charge in [0.25, 0.3) is 0 Å². The molecule has 0 radical (unpaired) electrons. The Bertz CT molecular complexity index is 702. The molecule has 1 fully saturated rings. The molecule has 1 aliphatic rings. The van der Waals surface area contributed by atoms with Gasteiger partial charge in [-0.1, -0.05) is 18.2 Å². The summed E-state index contributed by atoms with van der Waals surface area (Å²) in [7, 11) is 0. The lowest BCUT2D eigenvalue weighted by molar-refractivity contribution is -0.117. The molecule has 0 saturated carbocycles. The van der Waals surface area contributed by atoms with E-state index in [0.717, 1.165) is 66.8 Å². The molecule has 0 atom stereocenters. The number of carbonyl (C=O) groups excluding carboxylic acids is 1. The molecule has 0 bridgehead atoms. The molecule has 3 rings (SSSR count). The SMILES string of the molecule is CC(=O)CCCSc1nc(CN2CCOCC2)nc2ccccc12. The number of ether oxygens (including phenoxy) is 1. The number of para-hydroxylation sites is 1. The van der Waals surface area contributed by atoms with Gasteiger partial charge in [-0.2, -0.15) is 0 Å². The Kier molecular flexibility index (Phi) is 6.18. The highest BCUT2D eigenvalue weighted by molar-refractivity contribution is 7.99. The van der Waals surface area contributed by atoms with Crippen LogP contribution < -0.4 is 0 Å². The number of rotatable bonds is 7. The number of aromatic nitrogens is 2. The summed E-state index contributed by atoms with van der Waals surface area (Å²) in [6.07, 6.45) is 1.52. The first-order chi connectivity index (χ1) is 11.7. The maximum atomic E-state index is 11.1. The number of hydrogen-bond acceptors (Lipinski definition) is 6. The van der Waals surface area contributed by atoms with Gasteiger partial charge < -0.3 is 9.53 Å². The second-order valence-corrected chi connectivity index (χ2v) is 7.09. The second-order valence-electron chi connectivity index (χ2n) is 6.00. The second kappa shape index (κ2) is 8.55. The molecule has 24 heavy (non-hydrogen) atoms. The number of thioether (sulfide) groups is 1. The van der Waals surface area contributed by atoms with Crippen molar-refractivity contribution >= 4 is 28.4 Å². The van der Waals surface area contributed by atoms with Crippen LogP contribution in [0.3, 0.4) is 0 Å². The topological polar surface area (TPSA) is 55.3 Å². The third kappa shape index (κ3) is 4.75. The molecule has 1 saturated heterocycles. The molecule has 2 heterocycles. The molecule has 1 aromatic carbocycles. The van der Waals surface area contributed by atoms with Crippen molar-refractivity contribution in [1.29, 1.82) is 0 Å². The summed E-state index contributed by atoms with van der Waals surface area (Å²) in [5.74, 6) is 2.01. The summed E-state index contributed by atoms with van der Waals surface area (Å²) in [5, 5.41) is 2.11. The fourth-order valence-electron chi connectivity index (χ4n) is 2.72. The van der Waals surface area contributed by atoms with Crippen LogP contribution in [0.5, 0.6) is 0 Å². The van der Waals surface area contributed by atoms with Crippen LogP contribution in [0.2, 0.25) is 0 Å². The van der Waals surface area contributed by atoms with Crippen LogP contribution in [0.15, 0.2) is 29.3 Å². The third-order valence-electron chi connectivity index (χ3n) is 4.00. The zero-order valence-corrected chi connectivity index (χ0v) is 14.8. The molecule has 1 aliphatic heterocycles. The van der Waals surface area contributed by atoms with Crippen molar-refractivity contribution in [2.24, 2.45) is 0 Å². The number of ketones is 1. The maximum Gasteiger partial charge on any atom is 0.144 e. The van der Waals surface area contributed by atoms with Crippen LogP contribution in [0.4, 0.5) is 0 Å². The van der Waals surface area contributed by atoms with Gasteiger partial charge in [0.05, 0.1) is 25.3 Å². The van der Waals surface area contributed by atoms with E-state index in [-0.39, 0.29) is 5.78 Å². The highest BCUT2D eigenvalue weighted by atomic mass is 32.2. The summed E-state index contributed by atoms with van der Waals surface area (Å²) in [5.41, 5.74) is 0.991. The first kappa shape index (κ1) is 17.3. The molecule has 0 amide bonds. The lowest BCUT2D eigenvalue weighted by Gasteiger charge is -2.25. The smallest absolute Gasteiger partial charge is 0.144 e. The van der Waals surface area contributed by atoms with Gasteiger partial charge in [0, 0.05) is 24.9 Å². The van der Waals surface area contributed by atoms with E-state index in [0.29, 0.717) is 6.42 Å². The van der Waals surface area contributed by atoms with Crippen molar-refractivity contribution in [2.75, 3.05) is 32.1 Å². The minimum atomic E-state index is 0.246. The zero-order valence-electron chi connectivity index (χ0n) is 14.0. The minimum Gasteiger partial charge on any atom is -0.379 e. The largest absolute Gasteiger partial charge is 0.379 e. The van der Waals surface area contributed by atoms with E-state index in [1.807, 2.05) is 18.2 Å². The predicted octanol–water partition coefficient (Wildman–Crippen LogP) is 2.92. The fourth-order valence-corrected chi connectivity index (χ4v) is 3.70. The van der Waals surface area contributed by atoms with E-state index in [2.05, 4.69) is 11.0 Å². The van der Waals surface area contributed by atoms with E-state index in [4.69, 9.17) is 14.7 Å². The van der Waals surface area contributed by atoms with Crippen LogP contribution >= 0.6 is 11.8 Å². The van der Waals surface area contributed by atoms with Crippen molar-refractivity contribution in [1.82, 2.24) is 14.9 Å². The van der Waals surface area contributed by atoms with E-state index >= 15 is 0 Å². The van der Waals surface area contributed by atoms with Gasteiger partial charge >= 0.3 is 0 Å². The van der Waals surface area contributed by atoms with Gasteiger partial charge in [0.2, 0.25) is 0 Å². The van der Waals surface area contributed by atoms with E-state index in [1.165, 1.54) is 0 Å². The van der Waals surface area contributed by atoms with Crippen LogP contribution in [-0.2, 0) is 16.1 Å². The molecule has 5 nitrogen and oxygen atoms in total. The Labute approximate surface area is 146 Å². The highest BCUT2D eigenvalue weighted by Crippen LogP contribution is 2.26. The molecular weight excluding hydrogens is 322 g/mol. The first-order valence-electron chi connectivity index (χ1n) is 8.40. The lowest BCUT2D eigenvalue weighted by atomic mass is 10.2. The Balaban J connectivity index is 1.75. The molecule has 0 aliphatic carbocycles. The number of fused-ring (bicyclic) bond motifs is 1. The monoisotopic (exact) mass is 345 g/mol. The molecule has 128 valence electrons. The van der Waals surface area contributed by atoms with Crippen molar-refractivity contribution in [3.05, 3.63) is 30.1 Å². The van der Waals surface area contributed by atoms with Gasteiger partial charge in [-0.05, 0) is 25.2 Å². The number of morpholine rings is 1. The van der Waals surface area contributed by atoms with Crippen molar-refractivity contribution < 1.29 is 9.53 Å². The zero-order chi connectivity index (χ0) is 16.8. The molecule has 6 heteroatoms. The van der Waals surface area contributed by atoms with Gasteiger partial charge in [-0.3, -0.25) is 4.90 Å². The lowest BCUT2D eigenvalue weighted by Crippen LogP contribution is -2.36. The Morgan fingerprint density at radius 1 is 1.25 bits per heavy atom. The summed E-state index contributed by atoms with van der Waals surface area (Å²) in [6.45, 7) is 5.81. The van der Waals surface area contributed by atoms with Gasteiger partial charge in [-0.25, -0.2) is 9.97 Å². The van der Waals surface area contributed by atoms with Gasteiger partial charge in [0.1, 0.15) is 16.6 Å². The van der Waals surface area contributed by atoms with Crippen LogP contribution in [-0.4, -0.2) is 52.7 Å². The normalized spacial score (nSPS) is 15.7. The Morgan fingerprint density at radius 3 is 2.83 bits per heavy atom. The predicted molar refractivity (Wildman–Crippen MR) is 96.3 cm³/mol. The number of nitrogens with zero attached hydrogens (tertiary/aromatic N) is 3. The number of carbonyl (C=O) groups is 1. The first-order valence-corrected chi connectivity index (χ1v) is 9.39. The van der Waals surface area contributed by atoms with Crippen LogP contribution in [0, 0.1) is 0 Å². The Hall–Kier alpha value is -1.50. The maximum absolute atomic E-state index is 11.1. The summed E-state index contributed by atoms with van der Waals surface area (Å²) in [4.78, 5) is 22.9. The van der Waals surface area contributed by atoms with E-state index in [9.17, 15) is 4.79 Å². The van der Waals surface area contributed by atoms with Crippen molar-refractivity contribution in [3.8, 4) is 0 Å². The number of hydrogen-bond donors (Lipinski definition) is 0. The third-order valence-corrected chi connectivity index (χ3v) is 5.07. The minimum absolute atomic E-state index is 0.246. The number of benzene rings is 1. The quantitative estimate of drug-likeness (QED) is 0.437. The summed E-state index contributed by atoms with van der Waals surface area (Å²) in [6, 6.07) is 8.14.